The van der Waals surface area contributed by atoms with Crippen LogP contribution in [-0.2, 0) is 0 Å². The average Bonchev–Trinajstić information content (AvgIpc) is 2.26. The van der Waals surface area contributed by atoms with E-state index in [2.05, 4.69) is 9.97 Å². The van der Waals surface area contributed by atoms with Gasteiger partial charge in [0.1, 0.15) is 5.69 Å². The highest BCUT2D eigenvalue weighted by Crippen LogP contribution is 2.24. The number of nitrogen functional groups attached to an aromatic ring is 2. The van der Waals surface area contributed by atoms with E-state index in [4.69, 9.17) is 22.0 Å². The SMILES string of the molecule is CC.CCOc1nc(N)c(N)c(N(C)N)n1. The van der Waals surface area contributed by atoms with Gasteiger partial charge in [-0.2, -0.15) is 9.97 Å². The molecule has 6 N–H and O–H groups in total. The van der Waals surface area contributed by atoms with E-state index in [1.807, 2.05) is 20.8 Å². The number of anilines is 3. The quantitative estimate of drug-likeness (QED) is 0.505. The highest BCUT2D eigenvalue weighted by atomic mass is 16.5. The van der Waals surface area contributed by atoms with E-state index in [0.29, 0.717) is 12.4 Å². The summed E-state index contributed by atoms with van der Waals surface area (Å²) in [5, 5.41) is 1.26. The van der Waals surface area contributed by atoms with Crippen molar-refractivity contribution in [1.29, 1.82) is 0 Å². The standard InChI is InChI=1S/C7H14N6O.C2H6/c1-3-14-7-11-5(9)4(8)6(12-7)13(2)10;1-2/h3,8,10H2,1-2H3,(H2,9,11,12);1-2H3. The van der Waals surface area contributed by atoms with Crippen molar-refractivity contribution in [2.75, 3.05) is 30.1 Å². The van der Waals surface area contributed by atoms with Gasteiger partial charge in [0.25, 0.3) is 0 Å². The Morgan fingerprint density at radius 2 is 1.81 bits per heavy atom. The number of nitrogens with zero attached hydrogens (tertiary/aromatic N) is 3. The molecule has 0 bridgehead atoms. The molecule has 92 valence electrons. The predicted molar refractivity (Wildman–Crippen MR) is 66.0 cm³/mol. The van der Waals surface area contributed by atoms with Crippen molar-refractivity contribution in [3.05, 3.63) is 0 Å². The summed E-state index contributed by atoms with van der Waals surface area (Å²) in [5.41, 5.74) is 11.4. The largest absolute Gasteiger partial charge is 0.464 e. The van der Waals surface area contributed by atoms with Crippen molar-refractivity contribution in [2.45, 2.75) is 20.8 Å². The summed E-state index contributed by atoms with van der Waals surface area (Å²) in [4.78, 5) is 7.83. The van der Waals surface area contributed by atoms with Crippen molar-refractivity contribution < 1.29 is 4.74 Å². The fourth-order valence-electron chi connectivity index (χ4n) is 0.916. The molecular formula is C9H20N6O. The van der Waals surface area contributed by atoms with Crippen LogP contribution in [0.4, 0.5) is 17.3 Å². The number of nitrogens with two attached hydrogens (primary N) is 3. The molecule has 16 heavy (non-hydrogen) atoms. The Labute approximate surface area is 95.6 Å². The summed E-state index contributed by atoms with van der Waals surface area (Å²) in [5.74, 6) is 6.01. The number of aromatic nitrogens is 2. The average molecular weight is 228 g/mol. The minimum absolute atomic E-state index is 0.163. The van der Waals surface area contributed by atoms with Gasteiger partial charge in [-0.05, 0) is 6.92 Å². The summed E-state index contributed by atoms with van der Waals surface area (Å²) >= 11 is 0. The summed E-state index contributed by atoms with van der Waals surface area (Å²) in [6, 6.07) is 0.173. The zero-order valence-corrected chi connectivity index (χ0v) is 10.2. The maximum atomic E-state index is 5.62. The van der Waals surface area contributed by atoms with Crippen LogP contribution in [0.1, 0.15) is 20.8 Å². The number of hydrogen-bond donors (Lipinski definition) is 3. The Morgan fingerprint density at radius 1 is 1.25 bits per heavy atom. The van der Waals surface area contributed by atoms with Crippen LogP contribution in [-0.4, -0.2) is 23.6 Å². The maximum absolute atomic E-state index is 5.62. The molecule has 0 spiro atoms. The van der Waals surface area contributed by atoms with E-state index in [1.54, 1.807) is 7.05 Å². The van der Waals surface area contributed by atoms with Gasteiger partial charge in [0.05, 0.1) is 6.61 Å². The summed E-state index contributed by atoms with van der Waals surface area (Å²) in [7, 11) is 1.61. The molecule has 7 nitrogen and oxygen atoms in total. The highest BCUT2D eigenvalue weighted by Gasteiger charge is 2.11. The Bertz CT molecular complexity index is 328. The minimum atomic E-state index is 0.163. The Balaban J connectivity index is 0.00000106. The molecular weight excluding hydrogens is 208 g/mol. The molecule has 0 unspecified atom stereocenters. The van der Waals surface area contributed by atoms with Gasteiger partial charge in [0.15, 0.2) is 11.6 Å². The zero-order valence-electron chi connectivity index (χ0n) is 10.2. The second-order valence-corrected chi connectivity index (χ2v) is 2.67. The topological polar surface area (TPSA) is 116 Å². The molecule has 0 saturated heterocycles. The van der Waals surface area contributed by atoms with Crippen LogP contribution in [0.5, 0.6) is 6.01 Å². The second-order valence-electron chi connectivity index (χ2n) is 2.67. The third-order valence-electron chi connectivity index (χ3n) is 1.54. The number of rotatable bonds is 3. The fraction of sp³-hybridized carbons (Fsp3) is 0.556. The second kappa shape index (κ2) is 6.67. The third-order valence-corrected chi connectivity index (χ3v) is 1.54. The van der Waals surface area contributed by atoms with E-state index in [-0.39, 0.29) is 17.5 Å². The van der Waals surface area contributed by atoms with E-state index in [0.717, 1.165) is 0 Å². The van der Waals surface area contributed by atoms with Crippen LogP contribution in [0.15, 0.2) is 0 Å². The molecule has 1 heterocycles. The lowest BCUT2D eigenvalue weighted by Crippen LogP contribution is -2.28. The normalized spacial score (nSPS) is 9.06. The first kappa shape index (κ1) is 14.2. The number of ether oxygens (including phenoxy) is 1. The molecule has 0 fully saturated rings. The van der Waals surface area contributed by atoms with Crippen LogP contribution >= 0.6 is 0 Å². The van der Waals surface area contributed by atoms with Crippen LogP contribution in [0.2, 0.25) is 0 Å². The van der Waals surface area contributed by atoms with Gasteiger partial charge in [0, 0.05) is 7.05 Å². The van der Waals surface area contributed by atoms with Gasteiger partial charge in [-0.15, -0.1) is 0 Å². The van der Waals surface area contributed by atoms with E-state index < -0.39 is 0 Å². The molecule has 0 aliphatic rings. The van der Waals surface area contributed by atoms with Gasteiger partial charge in [0.2, 0.25) is 0 Å². The van der Waals surface area contributed by atoms with Crippen molar-refractivity contribution in [2.24, 2.45) is 5.84 Å². The Morgan fingerprint density at radius 3 is 2.25 bits per heavy atom. The Hall–Kier alpha value is -1.76. The van der Waals surface area contributed by atoms with Crippen LogP contribution in [0, 0.1) is 0 Å². The summed E-state index contributed by atoms with van der Waals surface area (Å²) < 4.78 is 5.09. The molecule has 0 aliphatic carbocycles. The van der Waals surface area contributed by atoms with E-state index in [9.17, 15) is 0 Å². The Kier molecular flexibility index (Phi) is 5.94. The minimum Gasteiger partial charge on any atom is -0.464 e. The molecule has 0 saturated carbocycles. The fourth-order valence-corrected chi connectivity index (χ4v) is 0.916. The van der Waals surface area contributed by atoms with Gasteiger partial charge in [-0.25, -0.2) is 5.84 Å². The summed E-state index contributed by atoms with van der Waals surface area (Å²) in [6.07, 6.45) is 0. The molecule has 0 amide bonds. The number of hydrogen-bond acceptors (Lipinski definition) is 7. The van der Waals surface area contributed by atoms with Crippen LogP contribution < -0.4 is 27.1 Å². The monoisotopic (exact) mass is 228 g/mol. The van der Waals surface area contributed by atoms with E-state index in [1.165, 1.54) is 5.01 Å². The number of hydrazine groups is 1. The van der Waals surface area contributed by atoms with Crippen molar-refractivity contribution >= 4 is 17.3 Å². The first-order valence-corrected chi connectivity index (χ1v) is 5.10. The van der Waals surface area contributed by atoms with Crippen molar-refractivity contribution in [1.82, 2.24) is 9.97 Å². The van der Waals surface area contributed by atoms with Crippen LogP contribution in [0.3, 0.4) is 0 Å². The molecule has 0 aliphatic heterocycles. The van der Waals surface area contributed by atoms with Crippen molar-refractivity contribution in [3.8, 4) is 6.01 Å². The van der Waals surface area contributed by atoms with Crippen molar-refractivity contribution in [3.63, 3.8) is 0 Å². The predicted octanol–water partition coefficient (Wildman–Crippen LogP) is 0.376. The molecule has 1 aromatic heterocycles. The first-order valence-electron chi connectivity index (χ1n) is 5.10. The molecule has 0 aromatic carbocycles. The first-order chi connectivity index (χ1) is 7.56. The smallest absolute Gasteiger partial charge is 0.320 e. The van der Waals surface area contributed by atoms with Gasteiger partial charge >= 0.3 is 6.01 Å². The van der Waals surface area contributed by atoms with Gasteiger partial charge in [-0.1, -0.05) is 13.8 Å². The molecule has 7 heteroatoms. The lowest BCUT2D eigenvalue weighted by atomic mass is 10.4. The van der Waals surface area contributed by atoms with Gasteiger partial charge in [-0.3, -0.25) is 5.01 Å². The lowest BCUT2D eigenvalue weighted by Gasteiger charge is -2.15. The molecule has 1 rings (SSSR count). The maximum Gasteiger partial charge on any atom is 0.320 e. The van der Waals surface area contributed by atoms with Crippen LogP contribution in [0.25, 0.3) is 0 Å². The molecule has 0 atom stereocenters. The third kappa shape index (κ3) is 3.43. The zero-order chi connectivity index (χ0) is 12.7. The highest BCUT2D eigenvalue weighted by molar-refractivity contribution is 5.73. The summed E-state index contributed by atoms with van der Waals surface area (Å²) in [6.45, 7) is 6.28. The molecule has 1 aromatic rings. The van der Waals surface area contributed by atoms with E-state index >= 15 is 0 Å². The molecule has 0 radical (unpaired) electrons. The van der Waals surface area contributed by atoms with Gasteiger partial charge < -0.3 is 16.2 Å². The lowest BCUT2D eigenvalue weighted by molar-refractivity contribution is 0.313.